The molecular formula is C9H17N5OS. The Bertz CT molecular complexity index is 448. The second-order valence-electron chi connectivity index (χ2n) is 3.95. The van der Waals surface area contributed by atoms with Gasteiger partial charge in [-0.05, 0) is 6.42 Å². The molecule has 0 amide bonds. The third-order valence-corrected chi connectivity index (χ3v) is 4.06. The van der Waals surface area contributed by atoms with Gasteiger partial charge in [0, 0.05) is 24.9 Å². The Balaban J connectivity index is 2.12. The number of anilines is 1. The molecule has 16 heavy (non-hydrogen) atoms. The molecule has 2 rings (SSSR count). The highest BCUT2D eigenvalue weighted by Gasteiger charge is 2.22. The third-order valence-electron chi connectivity index (χ3n) is 2.54. The Labute approximate surface area is 95.5 Å². The zero-order valence-corrected chi connectivity index (χ0v) is 10.1. The van der Waals surface area contributed by atoms with Crippen molar-refractivity contribution in [3.63, 3.8) is 0 Å². The Kier molecular flexibility index (Phi) is 3.15. The zero-order chi connectivity index (χ0) is 11.6. The minimum Gasteiger partial charge on any atom is -0.312 e. The van der Waals surface area contributed by atoms with E-state index >= 15 is 0 Å². The molecule has 1 aliphatic rings. The van der Waals surface area contributed by atoms with Crippen LogP contribution in [-0.4, -0.2) is 32.8 Å². The summed E-state index contributed by atoms with van der Waals surface area (Å²) in [6.07, 6.45) is 2.40. The number of nitrogens with one attached hydrogen (secondary N) is 3. The smallest absolute Gasteiger partial charge is 0.136 e. The van der Waals surface area contributed by atoms with Gasteiger partial charge in [0.2, 0.25) is 0 Å². The van der Waals surface area contributed by atoms with Crippen molar-refractivity contribution in [2.75, 3.05) is 23.6 Å². The van der Waals surface area contributed by atoms with Gasteiger partial charge >= 0.3 is 0 Å². The predicted molar refractivity (Wildman–Crippen MR) is 63.8 cm³/mol. The zero-order valence-electron chi connectivity index (χ0n) is 9.27. The van der Waals surface area contributed by atoms with Gasteiger partial charge in [-0.1, -0.05) is 6.92 Å². The highest BCUT2D eigenvalue weighted by atomic mass is 32.2. The van der Waals surface area contributed by atoms with Crippen LogP contribution in [0, 0.1) is 4.78 Å². The largest absolute Gasteiger partial charge is 0.312 e. The van der Waals surface area contributed by atoms with Crippen molar-refractivity contribution in [2.24, 2.45) is 0 Å². The van der Waals surface area contributed by atoms with E-state index in [4.69, 9.17) is 4.78 Å². The molecule has 0 bridgehead atoms. The molecule has 1 saturated heterocycles. The second-order valence-corrected chi connectivity index (χ2v) is 5.92. The fourth-order valence-corrected chi connectivity index (χ4v) is 2.82. The van der Waals surface area contributed by atoms with Gasteiger partial charge in [-0.25, -0.2) is 13.7 Å². The lowest BCUT2D eigenvalue weighted by Gasteiger charge is -2.29. The van der Waals surface area contributed by atoms with E-state index in [0.29, 0.717) is 17.6 Å². The molecule has 7 heteroatoms. The average molecular weight is 243 g/mol. The van der Waals surface area contributed by atoms with Crippen LogP contribution in [0.25, 0.3) is 0 Å². The summed E-state index contributed by atoms with van der Waals surface area (Å²) in [4.78, 5) is 0. The van der Waals surface area contributed by atoms with E-state index in [1.165, 1.54) is 0 Å². The van der Waals surface area contributed by atoms with Crippen LogP contribution in [0.2, 0.25) is 0 Å². The molecule has 0 radical (unpaired) electrons. The minimum absolute atomic E-state index is 0.314. The number of hydrogen-bond donors (Lipinski definition) is 3. The fourth-order valence-electron chi connectivity index (χ4n) is 1.64. The van der Waals surface area contributed by atoms with Crippen molar-refractivity contribution in [1.29, 1.82) is 4.78 Å². The summed E-state index contributed by atoms with van der Waals surface area (Å²) in [5.41, 5.74) is 0. The van der Waals surface area contributed by atoms with Crippen LogP contribution in [0.5, 0.6) is 0 Å². The first-order valence-corrected chi connectivity index (χ1v) is 7.13. The van der Waals surface area contributed by atoms with E-state index in [2.05, 4.69) is 15.1 Å². The molecule has 3 N–H and O–H groups in total. The standard InChI is InChI=1S/C9H17N5OS/c1-2-5-16(10,15)13-9-3-4-12-14(9)8-6-11-7-8/h3-4,8,11H,2,5-7H2,1H3,(H2,10,13,15). The van der Waals surface area contributed by atoms with Crippen LogP contribution < -0.4 is 10.0 Å². The Morgan fingerprint density at radius 2 is 2.50 bits per heavy atom. The molecule has 1 unspecified atom stereocenters. The van der Waals surface area contributed by atoms with Gasteiger partial charge in [0.15, 0.2) is 0 Å². The van der Waals surface area contributed by atoms with Crippen molar-refractivity contribution in [1.82, 2.24) is 15.1 Å². The Morgan fingerprint density at radius 1 is 1.75 bits per heavy atom. The van der Waals surface area contributed by atoms with Gasteiger partial charge < -0.3 is 5.32 Å². The molecule has 0 aromatic carbocycles. The van der Waals surface area contributed by atoms with Gasteiger partial charge in [-0.3, -0.25) is 4.72 Å². The molecule has 1 fully saturated rings. The minimum atomic E-state index is -2.73. The van der Waals surface area contributed by atoms with E-state index in [1.54, 1.807) is 16.9 Å². The monoisotopic (exact) mass is 243 g/mol. The van der Waals surface area contributed by atoms with E-state index in [1.807, 2.05) is 6.92 Å². The average Bonchev–Trinajstić information content (AvgIpc) is 2.49. The van der Waals surface area contributed by atoms with E-state index in [9.17, 15) is 4.21 Å². The molecule has 1 aromatic heterocycles. The number of hydrogen-bond acceptors (Lipinski definition) is 4. The second kappa shape index (κ2) is 4.42. The fraction of sp³-hybridized carbons (Fsp3) is 0.667. The summed E-state index contributed by atoms with van der Waals surface area (Å²) < 4.78 is 24.1. The van der Waals surface area contributed by atoms with Gasteiger partial charge in [0.25, 0.3) is 0 Å². The molecule has 0 spiro atoms. The van der Waals surface area contributed by atoms with Crippen LogP contribution in [0.1, 0.15) is 19.4 Å². The van der Waals surface area contributed by atoms with E-state index in [0.717, 1.165) is 19.5 Å². The van der Waals surface area contributed by atoms with Crippen LogP contribution in [0.3, 0.4) is 0 Å². The van der Waals surface area contributed by atoms with Crippen molar-refractivity contribution in [2.45, 2.75) is 19.4 Å². The first-order valence-electron chi connectivity index (χ1n) is 5.41. The molecule has 1 aromatic rings. The highest BCUT2D eigenvalue weighted by molar-refractivity contribution is 7.93. The summed E-state index contributed by atoms with van der Waals surface area (Å²) in [7, 11) is -2.73. The number of nitrogens with zero attached hydrogens (tertiary/aromatic N) is 2. The number of aromatic nitrogens is 2. The molecular weight excluding hydrogens is 226 g/mol. The van der Waals surface area contributed by atoms with Gasteiger partial charge in [-0.2, -0.15) is 5.10 Å². The molecule has 0 saturated carbocycles. The van der Waals surface area contributed by atoms with Gasteiger partial charge in [0.1, 0.15) is 15.7 Å². The maximum absolute atomic E-state index is 11.8. The van der Waals surface area contributed by atoms with Crippen LogP contribution >= 0.6 is 0 Å². The summed E-state index contributed by atoms with van der Waals surface area (Å²) in [5.74, 6) is 1.04. The normalized spacial score (nSPS) is 20.1. The van der Waals surface area contributed by atoms with Crippen LogP contribution in [0.4, 0.5) is 5.82 Å². The van der Waals surface area contributed by atoms with Crippen molar-refractivity contribution in [3.05, 3.63) is 12.3 Å². The molecule has 6 nitrogen and oxygen atoms in total. The summed E-state index contributed by atoms with van der Waals surface area (Å²) >= 11 is 0. The predicted octanol–water partition coefficient (Wildman–Crippen LogP) is 0.811. The summed E-state index contributed by atoms with van der Waals surface area (Å²) in [6, 6.07) is 2.08. The lowest BCUT2D eigenvalue weighted by Crippen LogP contribution is -2.44. The lowest BCUT2D eigenvalue weighted by atomic mass is 10.2. The van der Waals surface area contributed by atoms with E-state index < -0.39 is 9.92 Å². The van der Waals surface area contributed by atoms with Crippen LogP contribution in [-0.2, 0) is 9.92 Å². The van der Waals surface area contributed by atoms with Gasteiger partial charge in [0.05, 0.1) is 12.2 Å². The van der Waals surface area contributed by atoms with Gasteiger partial charge in [-0.15, -0.1) is 0 Å². The first-order chi connectivity index (χ1) is 7.62. The van der Waals surface area contributed by atoms with Crippen molar-refractivity contribution < 1.29 is 4.21 Å². The molecule has 2 heterocycles. The molecule has 0 aliphatic carbocycles. The Morgan fingerprint density at radius 3 is 3.06 bits per heavy atom. The summed E-state index contributed by atoms with van der Waals surface area (Å²) in [6.45, 7) is 3.68. The molecule has 1 aliphatic heterocycles. The maximum Gasteiger partial charge on any atom is 0.136 e. The molecule has 90 valence electrons. The van der Waals surface area contributed by atoms with Crippen molar-refractivity contribution >= 4 is 15.7 Å². The Hall–Kier alpha value is -1.08. The summed E-state index contributed by atoms with van der Waals surface area (Å²) in [5, 5.41) is 7.35. The van der Waals surface area contributed by atoms with Crippen LogP contribution in [0.15, 0.2) is 12.3 Å². The highest BCUT2D eigenvalue weighted by Crippen LogP contribution is 2.18. The van der Waals surface area contributed by atoms with E-state index in [-0.39, 0.29) is 0 Å². The third kappa shape index (κ3) is 2.35. The quantitative estimate of drug-likeness (QED) is 0.715. The van der Waals surface area contributed by atoms with Crippen molar-refractivity contribution in [3.8, 4) is 0 Å². The molecule has 1 atom stereocenters. The maximum atomic E-state index is 11.8. The topological polar surface area (TPSA) is 82.8 Å². The SMILES string of the molecule is CCCS(=N)(=O)Nc1ccnn1C1CNC1. The number of rotatable bonds is 5. The first kappa shape index (κ1) is 11.4. The lowest BCUT2D eigenvalue weighted by molar-refractivity contribution is 0.322.